The normalized spacial score (nSPS) is 22.1. The van der Waals surface area contributed by atoms with Crippen LogP contribution in [0, 0.1) is 5.92 Å². The van der Waals surface area contributed by atoms with E-state index in [-0.39, 0.29) is 5.91 Å². The number of halogens is 1. The van der Waals surface area contributed by atoms with Gasteiger partial charge in [0.05, 0.1) is 10.7 Å². The first kappa shape index (κ1) is 12.4. The molecular weight excluding hydrogens is 236 g/mol. The van der Waals surface area contributed by atoms with Crippen molar-refractivity contribution in [1.82, 2.24) is 5.32 Å². The van der Waals surface area contributed by atoms with Gasteiger partial charge in [-0.2, -0.15) is 0 Å². The number of rotatable bonds is 1. The molecule has 0 bridgehead atoms. The Bertz CT molecular complexity index is 408. The van der Waals surface area contributed by atoms with Crippen LogP contribution in [0.5, 0.6) is 0 Å². The summed E-state index contributed by atoms with van der Waals surface area (Å²) in [5.74, 6) is 0.563. The maximum absolute atomic E-state index is 12.1. The Morgan fingerprint density at radius 1 is 1.41 bits per heavy atom. The Morgan fingerprint density at radius 3 is 2.94 bits per heavy atom. The maximum atomic E-state index is 12.1. The van der Waals surface area contributed by atoms with Gasteiger partial charge in [0.1, 0.15) is 0 Å². The lowest BCUT2D eigenvalue weighted by Gasteiger charge is -2.29. The van der Waals surface area contributed by atoms with Crippen molar-refractivity contribution >= 4 is 23.2 Å². The molecule has 0 spiro atoms. The molecule has 2 rings (SSSR count). The van der Waals surface area contributed by atoms with Crippen LogP contribution < -0.4 is 10.2 Å². The van der Waals surface area contributed by atoms with Gasteiger partial charge in [-0.25, -0.2) is 0 Å². The zero-order chi connectivity index (χ0) is 12.3. The van der Waals surface area contributed by atoms with Crippen molar-refractivity contribution in [1.29, 1.82) is 0 Å². The van der Waals surface area contributed by atoms with Gasteiger partial charge < -0.3 is 10.2 Å². The summed E-state index contributed by atoms with van der Waals surface area (Å²) in [6.45, 7) is 4.53. The van der Waals surface area contributed by atoms with Crippen LogP contribution in [0.25, 0.3) is 0 Å². The molecule has 92 valence electrons. The van der Waals surface area contributed by atoms with Gasteiger partial charge in [-0.15, -0.1) is 0 Å². The molecule has 1 atom stereocenters. The smallest absolute Gasteiger partial charge is 0.228 e. The lowest BCUT2D eigenvalue weighted by molar-refractivity contribution is -0.118. The van der Waals surface area contributed by atoms with Gasteiger partial charge in [0.2, 0.25) is 5.91 Å². The highest BCUT2D eigenvalue weighted by Gasteiger charge is 2.21. The SMILES string of the molecule is CC1CNCCC(=O)N(c2ccccc2Cl)C1. The first-order valence-electron chi connectivity index (χ1n) is 5.94. The third-order valence-corrected chi connectivity index (χ3v) is 3.27. The average Bonchev–Trinajstić information content (AvgIpc) is 2.31. The summed E-state index contributed by atoms with van der Waals surface area (Å²) >= 11 is 6.16. The molecule has 0 aromatic heterocycles. The lowest BCUT2D eigenvalue weighted by Crippen LogP contribution is -2.42. The second-order valence-electron chi connectivity index (χ2n) is 4.52. The molecule has 1 fully saturated rings. The zero-order valence-corrected chi connectivity index (χ0v) is 10.7. The largest absolute Gasteiger partial charge is 0.316 e. The van der Waals surface area contributed by atoms with Gasteiger partial charge in [-0.05, 0) is 24.6 Å². The number of nitrogens with one attached hydrogen (secondary N) is 1. The molecule has 1 unspecified atom stereocenters. The van der Waals surface area contributed by atoms with E-state index in [4.69, 9.17) is 11.6 Å². The van der Waals surface area contributed by atoms with E-state index < -0.39 is 0 Å². The number of nitrogens with zero attached hydrogens (tertiary/aromatic N) is 1. The van der Waals surface area contributed by atoms with E-state index in [1.54, 1.807) is 0 Å². The number of amides is 1. The molecule has 1 N–H and O–H groups in total. The third kappa shape index (κ3) is 2.99. The molecule has 1 aromatic carbocycles. The number of benzene rings is 1. The van der Waals surface area contributed by atoms with E-state index in [0.29, 0.717) is 17.4 Å². The van der Waals surface area contributed by atoms with Gasteiger partial charge in [0.25, 0.3) is 0 Å². The fourth-order valence-electron chi connectivity index (χ4n) is 2.06. The summed E-state index contributed by atoms with van der Waals surface area (Å²) in [7, 11) is 0. The van der Waals surface area contributed by atoms with Crippen molar-refractivity contribution in [3.8, 4) is 0 Å². The van der Waals surface area contributed by atoms with Crippen molar-refractivity contribution in [3.05, 3.63) is 29.3 Å². The first-order chi connectivity index (χ1) is 8.18. The molecule has 1 aromatic rings. The molecule has 0 aliphatic carbocycles. The van der Waals surface area contributed by atoms with E-state index in [9.17, 15) is 4.79 Å². The lowest BCUT2D eigenvalue weighted by atomic mass is 10.1. The molecule has 1 aliphatic heterocycles. The topological polar surface area (TPSA) is 32.3 Å². The minimum absolute atomic E-state index is 0.136. The Morgan fingerprint density at radius 2 is 2.18 bits per heavy atom. The average molecular weight is 253 g/mol. The van der Waals surface area contributed by atoms with Crippen LogP contribution in [0.15, 0.2) is 24.3 Å². The summed E-state index contributed by atoms with van der Waals surface area (Å²) in [4.78, 5) is 13.9. The van der Waals surface area contributed by atoms with Crippen LogP contribution in [0.4, 0.5) is 5.69 Å². The summed E-state index contributed by atoms with van der Waals surface area (Å²) in [5.41, 5.74) is 0.827. The predicted molar refractivity (Wildman–Crippen MR) is 70.5 cm³/mol. The fraction of sp³-hybridized carbons (Fsp3) is 0.462. The first-order valence-corrected chi connectivity index (χ1v) is 6.32. The van der Waals surface area contributed by atoms with Crippen LogP contribution in [0.2, 0.25) is 5.02 Å². The van der Waals surface area contributed by atoms with Crippen LogP contribution in [0.1, 0.15) is 13.3 Å². The summed E-state index contributed by atoms with van der Waals surface area (Å²) in [6.07, 6.45) is 0.526. The highest BCUT2D eigenvalue weighted by atomic mass is 35.5. The Hall–Kier alpha value is -1.06. The Balaban J connectivity index is 2.26. The number of carbonyl (C=O) groups is 1. The highest BCUT2D eigenvalue weighted by molar-refractivity contribution is 6.33. The third-order valence-electron chi connectivity index (χ3n) is 2.95. The summed E-state index contributed by atoms with van der Waals surface area (Å²) in [6, 6.07) is 7.52. The standard InChI is InChI=1S/C13H17ClN2O/c1-10-8-15-7-6-13(17)16(9-10)12-5-3-2-4-11(12)14/h2-5,10,15H,6-9H2,1H3. The van der Waals surface area contributed by atoms with Crippen LogP contribution >= 0.6 is 11.6 Å². The Labute approximate surface area is 107 Å². The fourth-order valence-corrected chi connectivity index (χ4v) is 2.30. The number of anilines is 1. The van der Waals surface area contributed by atoms with Crippen molar-refractivity contribution in [3.63, 3.8) is 0 Å². The minimum atomic E-state index is 0.136. The molecule has 0 radical (unpaired) electrons. The van der Waals surface area contributed by atoms with Crippen molar-refractivity contribution < 1.29 is 4.79 Å². The quantitative estimate of drug-likeness (QED) is 0.832. The molecule has 1 saturated heterocycles. The predicted octanol–water partition coefficient (Wildman–Crippen LogP) is 2.30. The monoisotopic (exact) mass is 252 g/mol. The van der Waals surface area contributed by atoms with Gasteiger partial charge in [-0.1, -0.05) is 30.7 Å². The number of para-hydroxylation sites is 1. The molecule has 1 amide bonds. The molecule has 1 aliphatic rings. The van der Waals surface area contributed by atoms with Crippen molar-refractivity contribution in [2.75, 3.05) is 24.5 Å². The van der Waals surface area contributed by atoms with E-state index >= 15 is 0 Å². The van der Waals surface area contributed by atoms with E-state index in [1.165, 1.54) is 0 Å². The highest BCUT2D eigenvalue weighted by Crippen LogP contribution is 2.26. The van der Waals surface area contributed by atoms with Crippen molar-refractivity contribution in [2.24, 2.45) is 5.92 Å². The molecule has 3 nitrogen and oxygen atoms in total. The molecular formula is C13H17ClN2O. The second kappa shape index (κ2) is 5.52. The number of hydrogen-bond acceptors (Lipinski definition) is 2. The van der Waals surface area contributed by atoms with E-state index in [1.807, 2.05) is 29.2 Å². The van der Waals surface area contributed by atoms with Gasteiger partial charge in [0, 0.05) is 19.5 Å². The molecule has 0 saturated carbocycles. The zero-order valence-electron chi connectivity index (χ0n) is 9.95. The second-order valence-corrected chi connectivity index (χ2v) is 4.92. The van der Waals surface area contributed by atoms with Gasteiger partial charge >= 0.3 is 0 Å². The van der Waals surface area contributed by atoms with Gasteiger partial charge in [-0.3, -0.25) is 4.79 Å². The van der Waals surface area contributed by atoms with Crippen LogP contribution in [0.3, 0.4) is 0 Å². The molecule has 4 heteroatoms. The number of carbonyl (C=O) groups excluding carboxylic acids is 1. The maximum Gasteiger partial charge on any atom is 0.228 e. The molecule has 17 heavy (non-hydrogen) atoms. The molecule has 1 heterocycles. The van der Waals surface area contributed by atoms with Crippen LogP contribution in [-0.4, -0.2) is 25.5 Å². The Kier molecular flexibility index (Phi) is 4.02. The number of hydrogen-bond donors (Lipinski definition) is 1. The van der Waals surface area contributed by atoms with E-state index in [2.05, 4.69) is 12.2 Å². The summed E-state index contributed by atoms with van der Waals surface area (Å²) in [5, 5.41) is 3.91. The van der Waals surface area contributed by atoms with E-state index in [0.717, 1.165) is 25.3 Å². The van der Waals surface area contributed by atoms with Gasteiger partial charge in [0.15, 0.2) is 0 Å². The van der Waals surface area contributed by atoms with Crippen LogP contribution in [-0.2, 0) is 4.79 Å². The minimum Gasteiger partial charge on any atom is -0.316 e. The summed E-state index contributed by atoms with van der Waals surface area (Å²) < 4.78 is 0. The van der Waals surface area contributed by atoms with Crippen molar-refractivity contribution in [2.45, 2.75) is 13.3 Å².